The van der Waals surface area contributed by atoms with Crippen molar-refractivity contribution in [3.8, 4) is 5.75 Å². The molecule has 22 heavy (non-hydrogen) atoms. The van der Waals surface area contributed by atoms with Crippen molar-refractivity contribution in [2.75, 3.05) is 7.11 Å². The summed E-state index contributed by atoms with van der Waals surface area (Å²) < 4.78 is 6.10. The standard InChI is InChI=1S/C14H14N4O4/c1-22-11-4-2-10(3-5-11)14(21)17-16-12(19)8-18-9-15-7-6-13(18)20/h2-7,9H,8H2,1H3,(H,16,19)(H,17,21). The van der Waals surface area contributed by atoms with Gasteiger partial charge in [0, 0.05) is 17.8 Å². The van der Waals surface area contributed by atoms with E-state index in [0.29, 0.717) is 11.3 Å². The van der Waals surface area contributed by atoms with Gasteiger partial charge in [-0.05, 0) is 24.3 Å². The van der Waals surface area contributed by atoms with Crippen molar-refractivity contribution in [3.05, 3.63) is 58.8 Å². The number of hydrogen-bond donors (Lipinski definition) is 2. The third-order valence-corrected chi connectivity index (χ3v) is 2.77. The summed E-state index contributed by atoms with van der Waals surface area (Å²) in [6.07, 6.45) is 2.58. The number of rotatable bonds is 4. The van der Waals surface area contributed by atoms with Crippen LogP contribution in [0, 0.1) is 0 Å². The minimum atomic E-state index is -0.544. The van der Waals surface area contributed by atoms with Gasteiger partial charge < -0.3 is 4.74 Å². The Morgan fingerprint density at radius 2 is 1.91 bits per heavy atom. The van der Waals surface area contributed by atoms with Crippen LogP contribution in [-0.4, -0.2) is 28.5 Å². The molecule has 0 fully saturated rings. The van der Waals surface area contributed by atoms with Gasteiger partial charge in [0.2, 0.25) is 0 Å². The summed E-state index contributed by atoms with van der Waals surface area (Å²) in [5.74, 6) is -0.400. The average Bonchev–Trinajstić information content (AvgIpc) is 2.55. The third-order valence-electron chi connectivity index (χ3n) is 2.77. The van der Waals surface area contributed by atoms with Gasteiger partial charge in [-0.15, -0.1) is 0 Å². The minimum absolute atomic E-state index is 0.241. The third kappa shape index (κ3) is 3.92. The molecular formula is C14H14N4O4. The number of aromatic nitrogens is 2. The van der Waals surface area contributed by atoms with E-state index in [1.807, 2.05) is 0 Å². The van der Waals surface area contributed by atoms with E-state index in [-0.39, 0.29) is 12.1 Å². The number of benzene rings is 1. The van der Waals surface area contributed by atoms with Gasteiger partial charge in [0.25, 0.3) is 17.4 Å². The predicted octanol–water partition coefficient (Wildman–Crippen LogP) is -0.287. The quantitative estimate of drug-likeness (QED) is 0.756. The first-order chi connectivity index (χ1) is 10.6. The summed E-state index contributed by atoms with van der Waals surface area (Å²) in [4.78, 5) is 38.6. The fraction of sp³-hybridized carbons (Fsp3) is 0.143. The molecule has 0 unspecified atom stereocenters. The number of hydrazine groups is 1. The molecule has 1 aromatic carbocycles. The molecule has 8 nitrogen and oxygen atoms in total. The van der Waals surface area contributed by atoms with Crippen molar-refractivity contribution in [1.82, 2.24) is 20.4 Å². The highest BCUT2D eigenvalue weighted by atomic mass is 16.5. The normalized spacial score (nSPS) is 9.86. The fourth-order valence-corrected chi connectivity index (χ4v) is 1.63. The smallest absolute Gasteiger partial charge is 0.269 e. The van der Waals surface area contributed by atoms with E-state index >= 15 is 0 Å². The predicted molar refractivity (Wildman–Crippen MR) is 77.1 cm³/mol. The molecule has 2 N–H and O–H groups in total. The van der Waals surface area contributed by atoms with Crippen LogP contribution in [0.15, 0.2) is 47.7 Å². The molecule has 1 heterocycles. The van der Waals surface area contributed by atoms with Crippen molar-refractivity contribution in [3.63, 3.8) is 0 Å². The molecule has 0 atom stereocenters. The number of ether oxygens (including phenoxy) is 1. The van der Waals surface area contributed by atoms with Gasteiger partial charge in [0.1, 0.15) is 12.3 Å². The number of nitrogens with one attached hydrogen (secondary N) is 2. The molecule has 2 amide bonds. The Hall–Kier alpha value is -3.16. The van der Waals surface area contributed by atoms with Crippen LogP contribution >= 0.6 is 0 Å². The first kappa shape index (κ1) is 15.2. The molecule has 0 aliphatic rings. The molecule has 0 radical (unpaired) electrons. The van der Waals surface area contributed by atoms with E-state index in [2.05, 4.69) is 15.8 Å². The largest absolute Gasteiger partial charge is 0.497 e. The van der Waals surface area contributed by atoms with E-state index < -0.39 is 11.8 Å². The van der Waals surface area contributed by atoms with Gasteiger partial charge in [-0.2, -0.15) is 0 Å². The van der Waals surface area contributed by atoms with Crippen LogP contribution in [0.4, 0.5) is 0 Å². The van der Waals surface area contributed by atoms with Crippen molar-refractivity contribution >= 4 is 11.8 Å². The Labute approximate surface area is 125 Å². The lowest BCUT2D eigenvalue weighted by atomic mass is 10.2. The number of methoxy groups -OCH3 is 1. The first-order valence-electron chi connectivity index (χ1n) is 6.34. The summed E-state index contributed by atoms with van der Waals surface area (Å²) >= 11 is 0. The SMILES string of the molecule is COc1ccc(C(=O)NNC(=O)Cn2cnccc2=O)cc1. The summed E-state index contributed by atoms with van der Waals surface area (Å²) in [5, 5.41) is 0. The van der Waals surface area contributed by atoms with E-state index in [0.717, 1.165) is 4.57 Å². The molecule has 0 aliphatic heterocycles. The van der Waals surface area contributed by atoms with Gasteiger partial charge in [-0.3, -0.25) is 29.8 Å². The molecule has 0 spiro atoms. The highest BCUT2D eigenvalue weighted by molar-refractivity contribution is 5.95. The Kier molecular flexibility index (Phi) is 4.86. The fourth-order valence-electron chi connectivity index (χ4n) is 1.63. The highest BCUT2D eigenvalue weighted by Crippen LogP contribution is 2.10. The molecule has 0 saturated carbocycles. The Morgan fingerprint density at radius 1 is 1.18 bits per heavy atom. The average molecular weight is 302 g/mol. The van der Waals surface area contributed by atoms with E-state index in [4.69, 9.17) is 4.74 Å². The topological polar surface area (TPSA) is 102 Å². The maximum absolute atomic E-state index is 11.8. The summed E-state index contributed by atoms with van der Waals surface area (Å²) in [6.45, 7) is -0.241. The first-order valence-corrected chi connectivity index (χ1v) is 6.34. The van der Waals surface area contributed by atoms with Crippen LogP contribution < -0.4 is 21.1 Å². The molecule has 114 valence electrons. The monoisotopic (exact) mass is 302 g/mol. The van der Waals surface area contributed by atoms with Crippen LogP contribution in [0.1, 0.15) is 10.4 Å². The molecule has 2 rings (SSSR count). The zero-order valence-electron chi connectivity index (χ0n) is 11.8. The summed E-state index contributed by atoms with van der Waals surface area (Å²) in [7, 11) is 1.52. The Morgan fingerprint density at radius 3 is 2.55 bits per heavy atom. The molecular weight excluding hydrogens is 288 g/mol. The maximum atomic E-state index is 11.8. The maximum Gasteiger partial charge on any atom is 0.269 e. The van der Waals surface area contributed by atoms with Crippen molar-refractivity contribution < 1.29 is 14.3 Å². The van der Waals surface area contributed by atoms with Crippen LogP contribution in [0.2, 0.25) is 0 Å². The summed E-state index contributed by atoms with van der Waals surface area (Å²) in [6, 6.07) is 7.62. The molecule has 0 aliphatic carbocycles. The lowest BCUT2D eigenvalue weighted by Crippen LogP contribution is -2.44. The van der Waals surface area contributed by atoms with E-state index in [1.165, 1.54) is 25.7 Å². The van der Waals surface area contributed by atoms with Gasteiger partial charge >= 0.3 is 0 Å². The summed E-state index contributed by atoms with van der Waals surface area (Å²) in [5.41, 5.74) is 4.49. The molecule has 2 aromatic rings. The number of carbonyl (C=O) groups is 2. The molecule has 8 heteroatoms. The second kappa shape index (κ2) is 7.02. The highest BCUT2D eigenvalue weighted by Gasteiger charge is 2.08. The minimum Gasteiger partial charge on any atom is -0.497 e. The van der Waals surface area contributed by atoms with Crippen LogP contribution in [0.5, 0.6) is 5.75 Å². The number of nitrogens with zero attached hydrogens (tertiary/aromatic N) is 2. The van der Waals surface area contributed by atoms with Crippen LogP contribution in [0.3, 0.4) is 0 Å². The van der Waals surface area contributed by atoms with Crippen molar-refractivity contribution in [1.29, 1.82) is 0 Å². The van der Waals surface area contributed by atoms with Gasteiger partial charge in [0.05, 0.1) is 13.4 Å². The number of carbonyl (C=O) groups excluding carboxylic acids is 2. The van der Waals surface area contributed by atoms with Crippen molar-refractivity contribution in [2.24, 2.45) is 0 Å². The molecule has 1 aromatic heterocycles. The van der Waals surface area contributed by atoms with Gasteiger partial charge in [-0.25, -0.2) is 4.98 Å². The lowest BCUT2D eigenvalue weighted by Gasteiger charge is -2.08. The van der Waals surface area contributed by atoms with Crippen LogP contribution in [0.25, 0.3) is 0 Å². The second-order valence-electron chi connectivity index (χ2n) is 4.28. The Balaban J connectivity index is 1.89. The number of hydrogen-bond acceptors (Lipinski definition) is 5. The van der Waals surface area contributed by atoms with Gasteiger partial charge in [0.15, 0.2) is 0 Å². The molecule has 0 saturated heterocycles. The van der Waals surface area contributed by atoms with Gasteiger partial charge in [-0.1, -0.05) is 0 Å². The van der Waals surface area contributed by atoms with E-state index in [1.54, 1.807) is 24.3 Å². The van der Waals surface area contributed by atoms with Crippen LogP contribution in [-0.2, 0) is 11.3 Å². The molecule has 0 bridgehead atoms. The van der Waals surface area contributed by atoms with E-state index in [9.17, 15) is 14.4 Å². The lowest BCUT2D eigenvalue weighted by molar-refractivity contribution is -0.122. The van der Waals surface area contributed by atoms with Crippen molar-refractivity contribution in [2.45, 2.75) is 6.54 Å². The second-order valence-corrected chi connectivity index (χ2v) is 4.28. The Bertz CT molecular complexity index is 724. The number of amides is 2. The zero-order valence-corrected chi connectivity index (χ0v) is 11.8. The zero-order chi connectivity index (χ0) is 15.9.